The van der Waals surface area contributed by atoms with Crippen molar-refractivity contribution in [3.63, 3.8) is 0 Å². The van der Waals surface area contributed by atoms with Crippen LogP contribution in [-0.2, 0) is 0 Å². The zero-order chi connectivity index (χ0) is 14.4. The van der Waals surface area contributed by atoms with Crippen LogP contribution in [0.3, 0.4) is 0 Å². The number of benzene rings is 1. The van der Waals surface area contributed by atoms with Crippen LogP contribution in [0.4, 0.5) is 4.39 Å². The van der Waals surface area contributed by atoms with E-state index in [0.29, 0.717) is 10.6 Å². The van der Waals surface area contributed by atoms with Gasteiger partial charge in [0.25, 0.3) is 0 Å². The molecule has 1 N–H and O–H groups in total. The maximum atomic E-state index is 14.2. The molecule has 1 heterocycles. The highest BCUT2D eigenvalue weighted by Crippen LogP contribution is 2.33. The van der Waals surface area contributed by atoms with Crippen LogP contribution in [-0.4, -0.2) is 31.1 Å². The number of halogens is 4. The number of hydrogen-bond donors (Lipinski definition) is 1. The Labute approximate surface area is 150 Å². The first kappa shape index (κ1) is 21.9. The van der Waals surface area contributed by atoms with Crippen LogP contribution < -0.4 is 5.32 Å². The second kappa shape index (κ2) is 11.5. The second-order valence-electron chi connectivity index (χ2n) is 5.43. The van der Waals surface area contributed by atoms with Gasteiger partial charge >= 0.3 is 0 Å². The molecule has 0 spiro atoms. The van der Waals surface area contributed by atoms with E-state index in [9.17, 15) is 4.39 Å². The van der Waals surface area contributed by atoms with Crippen LogP contribution in [0.15, 0.2) is 18.2 Å². The molecule has 2 nitrogen and oxygen atoms in total. The molecule has 1 atom stereocenters. The SMILES string of the molecule is CCCCC[C@@H](c1c(F)cccc1Cl)N1CCNCC1.Cl.Cl. The molecule has 0 unspecified atom stereocenters. The van der Waals surface area contributed by atoms with E-state index in [0.717, 1.165) is 39.0 Å². The van der Waals surface area contributed by atoms with Gasteiger partial charge in [-0.1, -0.05) is 43.9 Å². The van der Waals surface area contributed by atoms with Crippen LogP contribution in [0, 0.1) is 5.82 Å². The smallest absolute Gasteiger partial charge is 0.129 e. The highest BCUT2D eigenvalue weighted by molar-refractivity contribution is 6.31. The Balaban J connectivity index is 0.00000220. The summed E-state index contributed by atoms with van der Waals surface area (Å²) in [5, 5.41) is 3.91. The molecular weight excluding hydrogens is 346 g/mol. The van der Waals surface area contributed by atoms with Crippen molar-refractivity contribution in [1.82, 2.24) is 10.2 Å². The summed E-state index contributed by atoms with van der Waals surface area (Å²) in [4.78, 5) is 2.37. The molecule has 6 heteroatoms. The van der Waals surface area contributed by atoms with Crippen molar-refractivity contribution in [3.05, 3.63) is 34.6 Å². The minimum Gasteiger partial charge on any atom is -0.314 e. The predicted molar refractivity (Wildman–Crippen MR) is 97.2 cm³/mol. The Kier molecular flexibility index (Phi) is 11.4. The molecule has 1 aliphatic heterocycles. The van der Waals surface area contributed by atoms with E-state index < -0.39 is 0 Å². The zero-order valence-electron chi connectivity index (χ0n) is 13.0. The highest BCUT2D eigenvalue weighted by Gasteiger charge is 2.26. The van der Waals surface area contributed by atoms with Gasteiger partial charge in [0.1, 0.15) is 5.82 Å². The molecule has 1 aliphatic rings. The average molecular weight is 372 g/mol. The standard InChI is InChI=1S/C16H24ClFN2.2ClH/c1-2-3-4-8-15(20-11-9-19-10-12-20)16-13(17)6-5-7-14(16)18;;/h5-7,15,19H,2-4,8-12H2,1H3;2*1H/t15-;;/m0../s1. The third-order valence-electron chi connectivity index (χ3n) is 4.01. The maximum Gasteiger partial charge on any atom is 0.129 e. The van der Waals surface area contributed by atoms with Crippen molar-refractivity contribution >= 4 is 36.4 Å². The summed E-state index contributed by atoms with van der Waals surface area (Å²) in [6, 6.07) is 5.12. The van der Waals surface area contributed by atoms with Crippen molar-refractivity contribution in [1.29, 1.82) is 0 Å². The first-order valence-corrected chi connectivity index (χ1v) is 8.00. The lowest BCUT2D eigenvalue weighted by molar-refractivity contribution is 0.159. The van der Waals surface area contributed by atoms with Gasteiger partial charge in [-0.25, -0.2) is 4.39 Å². The molecule has 1 aromatic rings. The molecule has 0 aromatic heterocycles. The highest BCUT2D eigenvalue weighted by atomic mass is 35.5. The molecule has 0 amide bonds. The second-order valence-corrected chi connectivity index (χ2v) is 5.84. The van der Waals surface area contributed by atoms with Crippen LogP contribution in [0.5, 0.6) is 0 Å². The predicted octanol–water partition coefficient (Wildman–Crippen LogP) is 4.85. The van der Waals surface area contributed by atoms with Gasteiger partial charge < -0.3 is 5.32 Å². The first-order valence-electron chi connectivity index (χ1n) is 7.62. The zero-order valence-corrected chi connectivity index (χ0v) is 15.4. The van der Waals surface area contributed by atoms with Crippen molar-refractivity contribution in [2.45, 2.75) is 38.6 Å². The minimum atomic E-state index is -0.169. The fraction of sp³-hybridized carbons (Fsp3) is 0.625. The normalized spacial score (nSPS) is 16.5. The number of nitrogens with one attached hydrogen (secondary N) is 1. The number of piperazine rings is 1. The van der Waals surface area contributed by atoms with Crippen LogP contribution in [0.2, 0.25) is 5.02 Å². The van der Waals surface area contributed by atoms with Gasteiger partial charge in [-0.15, -0.1) is 24.8 Å². The lowest BCUT2D eigenvalue weighted by Crippen LogP contribution is -2.45. The van der Waals surface area contributed by atoms with Gasteiger partial charge in [0, 0.05) is 42.8 Å². The van der Waals surface area contributed by atoms with E-state index in [1.165, 1.54) is 18.9 Å². The van der Waals surface area contributed by atoms with Gasteiger partial charge in [-0.05, 0) is 18.6 Å². The lowest BCUT2D eigenvalue weighted by atomic mass is 9.97. The molecule has 22 heavy (non-hydrogen) atoms. The van der Waals surface area contributed by atoms with Gasteiger partial charge in [0.05, 0.1) is 0 Å². The van der Waals surface area contributed by atoms with Crippen LogP contribution in [0.1, 0.15) is 44.2 Å². The minimum absolute atomic E-state index is 0. The molecule has 1 fully saturated rings. The molecule has 1 aromatic carbocycles. The largest absolute Gasteiger partial charge is 0.314 e. The maximum absolute atomic E-state index is 14.2. The Morgan fingerprint density at radius 2 is 1.91 bits per heavy atom. The topological polar surface area (TPSA) is 15.3 Å². The summed E-state index contributed by atoms with van der Waals surface area (Å²) in [5.41, 5.74) is 0.687. The number of hydrogen-bond acceptors (Lipinski definition) is 2. The number of nitrogens with zero attached hydrogens (tertiary/aromatic N) is 1. The summed E-state index contributed by atoms with van der Waals surface area (Å²) >= 11 is 6.27. The number of unbranched alkanes of at least 4 members (excludes halogenated alkanes) is 2. The summed E-state index contributed by atoms with van der Waals surface area (Å²) in [7, 11) is 0. The Morgan fingerprint density at radius 3 is 2.50 bits per heavy atom. The van der Waals surface area contributed by atoms with E-state index in [1.54, 1.807) is 12.1 Å². The van der Waals surface area contributed by atoms with E-state index in [4.69, 9.17) is 11.6 Å². The molecule has 0 aliphatic carbocycles. The third-order valence-corrected chi connectivity index (χ3v) is 4.34. The summed E-state index contributed by atoms with van der Waals surface area (Å²) < 4.78 is 14.2. The van der Waals surface area contributed by atoms with Crippen molar-refractivity contribution in [2.75, 3.05) is 26.2 Å². The van der Waals surface area contributed by atoms with Gasteiger partial charge in [0.2, 0.25) is 0 Å². The molecule has 1 saturated heterocycles. The van der Waals surface area contributed by atoms with Gasteiger partial charge in [-0.3, -0.25) is 4.90 Å². The van der Waals surface area contributed by atoms with Crippen molar-refractivity contribution in [3.8, 4) is 0 Å². The van der Waals surface area contributed by atoms with Crippen molar-refractivity contribution in [2.24, 2.45) is 0 Å². The molecular formula is C16H26Cl3FN2. The fourth-order valence-electron chi connectivity index (χ4n) is 2.92. The average Bonchev–Trinajstić information content (AvgIpc) is 2.46. The van der Waals surface area contributed by atoms with Gasteiger partial charge in [-0.2, -0.15) is 0 Å². The third kappa shape index (κ3) is 5.86. The molecule has 0 radical (unpaired) electrons. The van der Waals surface area contributed by atoms with Crippen LogP contribution in [0.25, 0.3) is 0 Å². The monoisotopic (exact) mass is 370 g/mol. The molecule has 128 valence electrons. The van der Waals surface area contributed by atoms with Gasteiger partial charge in [0.15, 0.2) is 0 Å². The van der Waals surface area contributed by atoms with E-state index in [2.05, 4.69) is 17.1 Å². The fourth-order valence-corrected chi connectivity index (χ4v) is 3.21. The van der Waals surface area contributed by atoms with E-state index >= 15 is 0 Å². The molecule has 0 saturated carbocycles. The summed E-state index contributed by atoms with van der Waals surface area (Å²) in [6.07, 6.45) is 4.47. The van der Waals surface area contributed by atoms with E-state index in [-0.39, 0.29) is 36.7 Å². The number of rotatable bonds is 6. The van der Waals surface area contributed by atoms with Crippen molar-refractivity contribution < 1.29 is 4.39 Å². The summed E-state index contributed by atoms with van der Waals surface area (Å²) in [6.45, 7) is 6.05. The Bertz CT molecular complexity index is 406. The first-order chi connectivity index (χ1) is 9.74. The van der Waals surface area contributed by atoms with E-state index in [1.807, 2.05) is 0 Å². The quantitative estimate of drug-likeness (QED) is 0.719. The molecule has 0 bridgehead atoms. The molecule has 2 rings (SSSR count). The van der Waals surface area contributed by atoms with Crippen LogP contribution >= 0.6 is 36.4 Å². The summed E-state index contributed by atoms with van der Waals surface area (Å²) in [5.74, 6) is -0.169. The lowest BCUT2D eigenvalue weighted by Gasteiger charge is -2.36. The Morgan fingerprint density at radius 1 is 1.23 bits per heavy atom. The Hall–Kier alpha value is -0.0600.